The minimum absolute atomic E-state index is 0.268. The van der Waals surface area contributed by atoms with Crippen molar-refractivity contribution in [1.82, 2.24) is 0 Å². The smallest absolute Gasteiger partial charge is 0.259 e. The van der Waals surface area contributed by atoms with Gasteiger partial charge < -0.3 is 14.8 Å². The molecule has 0 spiro atoms. The Morgan fingerprint density at radius 2 is 2.09 bits per heavy atom. The van der Waals surface area contributed by atoms with Crippen LogP contribution in [0.1, 0.15) is 28.4 Å². The molecule has 0 aromatic heterocycles. The van der Waals surface area contributed by atoms with E-state index >= 15 is 0 Å². The number of carbonyl (C=O) groups is 1. The molecule has 0 radical (unpaired) electrons. The molecule has 1 amide bonds. The van der Waals surface area contributed by atoms with Crippen molar-refractivity contribution >= 4 is 11.6 Å². The molecule has 0 heterocycles. The lowest BCUT2D eigenvalue weighted by atomic mass is 10.1. The van der Waals surface area contributed by atoms with Crippen LogP contribution in [0, 0.1) is 18.3 Å². The summed E-state index contributed by atoms with van der Waals surface area (Å²) in [6.45, 7) is 4.15. The molecule has 0 atom stereocenters. The van der Waals surface area contributed by atoms with Crippen LogP contribution in [0.4, 0.5) is 5.69 Å². The SMILES string of the molecule is CCOc1c(OC)cc(C#N)cc1C(=O)Nc1cccc(C)c1. The fourth-order valence-corrected chi connectivity index (χ4v) is 2.20. The highest BCUT2D eigenvalue weighted by Gasteiger charge is 2.19. The van der Waals surface area contributed by atoms with E-state index in [1.807, 2.05) is 38.1 Å². The molecule has 2 aromatic rings. The molecule has 5 nitrogen and oxygen atoms in total. The van der Waals surface area contributed by atoms with Crippen molar-refractivity contribution < 1.29 is 14.3 Å². The number of hydrogen-bond donors (Lipinski definition) is 1. The maximum Gasteiger partial charge on any atom is 0.259 e. The van der Waals surface area contributed by atoms with E-state index in [0.717, 1.165) is 5.56 Å². The van der Waals surface area contributed by atoms with E-state index in [0.29, 0.717) is 29.4 Å². The lowest BCUT2D eigenvalue weighted by Gasteiger charge is -2.15. The second kappa shape index (κ2) is 7.32. The zero-order valence-electron chi connectivity index (χ0n) is 13.3. The summed E-state index contributed by atoms with van der Waals surface area (Å²) >= 11 is 0. The highest BCUT2D eigenvalue weighted by Crippen LogP contribution is 2.33. The van der Waals surface area contributed by atoms with Crippen molar-refractivity contribution in [2.24, 2.45) is 0 Å². The molecular formula is C18H18N2O3. The van der Waals surface area contributed by atoms with Gasteiger partial charge in [-0.15, -0.1) is 0 Å². The van der Waals surface area contributed by atoms with E-state index in [2.05, 4.69) is 5.32 Å². The van der Waals surface area contributed by atoms with Crippen molar-refractivity contribution in [3.8, 4) is 17.6 Å². The van der Waals surface area contributed by atoms with Gasteiger partial charge in [0.25, 0.3) is 5.91 Å². The third-order valence-corrected chi connectivity index (χ3v) is 3.21. The molecule has 5 heteroatoms. The molecule has 0 saturated heterocycles. The van der Waals surface area contributed by atoms with Crippen molar-refractivity contribution in [3.63, 3.8) is 0 Å². The van der Waals surface area contributed by atoms with Crippen LogP contribution in [0.5, 0.6) is 11.5 Å². The first-order valence-electron chi connectivity index (χ1n) is 7.22. The van der Waals surface area contributed by atoms with Gasteiger partial charge in [-0.25, -0.2) is 0 Å². The quantitative estimate of drug-likeness (QED) is 0.917. The standard InChI is InChI=1S/C18H18N2O3/c1-4-23-17-15(9-13(11-19)10-16(17)22-3)18(21)20-14-7-5-6-12(2)8-14/h5-10H,4H2,1-3H3,(H,20,21). The largest absolute Gasteiger partial charge is 0.493 e. The van der Waals surface area contributed by atoms with Gasteiger partial charge >= 0.3 is 0 Å². The number of amides is 1. The number of benzene rings is 2. The van der Waals surface area contributed by atoms with Gasteiger partial charge in [-0.3, -0.25) is 4.79 Å². The van der Waals surface area contributed by atoms with Gasteiger partial charge in [-0.05, 0) is 37.6 Å². The Labute approximate surface area is 135 Å². The molecule has 0 aliphatic rings. The van der Waals surface area contributed by atoms with Gasteiger partial charge in [0, 0.05) is 11.8 Å². The molecule has 0 fully saturated rings. The fraction of sp³-hybridized carbons (Fsp3) is 0.222. The summed E-state index contributed by atoms with van der Waals surface area (Å²) in [5.74, 6) is 0.342. The molecule has 23 heavy (non-hydrogen) atoms. The average molecular weight is 310 g/mol. The summed E-state index contributed by atoms with van der Waals surface area (Å²) in [6.07, 6.45) is 0. The first-order chi connectivity index (χ1) is 11.1. The normalized spacial score (nSPS) is 9.83. The maximum absolute atomic E-state index is 12.6. The molecule has 2 rings (SSSR count). The van der Waals surface area contributed by atoms with E-state index in [4.69, 9.17) is 14.7 Å². The number of hydrogen-bond acceptors (Lipinski definition) is 4. The summed E-state index contributed by atoms with van der Waals surface area (Å²) < 4.78 is 10.8. The number of nitrogens with zero attached hydrogens (tertiary/aromatic N) is 1. The molecule has 0 bridgehead atoms. The highest BCUT2D eigenvalue weighted by atomic mass is 16.5. The Balaban J connectivity index is 2.43. The summed E-state index contributed by atoms with van der Waals surface area (Å²) in [5.41, 5.74) is 2.32. The van der Waals surface area contributed by atoms with Crippen molar-refractivity contribution in [2.45, 2.75) is 13.8 Å². The van der Waals surface area contributed by atoms with Crippen LogP contribution in [0.2, 0.25) is 0 Å². The van der Waals surface area contributed by atoms with Crippen LogP contribution < -0.4 is 14.8 Å². The molecule has 0 unspecified atom stereocenters. The molecule has 0 aliphatic heterocycles. The lowest BCUT2D eigenvalue weighted by molar-refractivity contribution is 0.102. The number of nitrogens with one attached hydrogen (secondary N) is 1. The number of aryl methyl sites for hydroxylation is 1. The van der Waals surface area contributed by atoms with E-state index in [9.17, 15) is 4.79 Å². The minimum Gasteiger partial charge on any atom is -0.493 e. The fourth-order valence-electron chi connectivity index (χ4n) is 2.20. The first-order valence-corrected chi connectivity index (χ1v) is 7.22. The van der Waals surface area contributed by atoms with Crippen molar-refractivity contribution in [3.05, 3.63) is 53.1 Å². The minimum atomic E-state index is -0.352. The van der Waals surface area contributed by atoms with Crippen molar-refractivity contribution in [1.29, 1.82) is 5.26 Å². The third-order valence-electron chi connectivity index (χ3n) is 3.21. The maximum atomic E-state index is 12.6. The molecule has 1 N–H and O–H groups in total. The van der Waals surface area contributed by atoms with Crippen LogP contribution in [-0.4, -0.2) is 19.6 Å². The number of carbonyl (C=O) groups excluding carboxylic acids is 1. The first kappa shape index (κ1) is 16.4. The van der Waals surface area contributed by atoms with Crippen LogP contribution in [0.25, 0.3) is 0 Å². The zero-order valence-corrected chi connectivity index (χ0v) is 13.3. The van der Waals surface area contributed by atoms with Crippen LogP contribution in [0.3, 0.4) is 0 Å². The average Bonchev–Trinajstić information content (AvgIpc) is 2.55. The molecule has 0 aliphatic carbocycles. The van der Waals surface area contributed by atoms with Crippen LogP contribution in [0.15, 0.2) is 36.4 Å². The zero-order chi connectivity index (χ0) is 16.8. The number of rotatable bonds is 5. The Kier molecular flexibility index (Phi) is 5.21. The Hall–Kier alpha value is -3.00. The second-order valence-electron chi connectivity index (χ2n) is 4.92. The van der Waals surface area contributed by atoms with Gasteiger partial charge in [0.2, 0.25) is 0 Å². The molecular weight excluding hydrogens is 292 g/mol. The van der Waals surface area contributed by atoms with E-state index in [-0.39, 0.29) is 11.5 Å². The summed E-state index contributed by atoms with van der Waals surface area (Å²) in [4.78, 5) is 12.6. The number of ether oxygens (including phenoxy) is 2. The molecule has 2 aromatic carbocycles. The molecule has 118 valence electrons. The van der Waals surface area contributed by atoms with E-state index in [1.165, 1.54) is 13.2 Å². The number of nitriles is 1. The summed E-state index contributed by atoms with van der Waals surface area (Å²) in [5, 5.41) is 11.9. The van der Waals surface area contributed by atoms with E-state index < -0.39 is 0 Å². The number of anilines is 1. The Morgan fingerprint density at radius 3 is 2.70 bits per heavy atom. The monoisotopic (exact) mass is 310 g/mol. The van der Waals surface area contributed by atoms with Gasteiger partial charge in [0.1, 0.15) is 0 Å². The topological polar surface area (TPSA) is 71.3 Å². The van der Waals surface area contributed by atoms with Crippen LogP contribution >= 0.6 is 0 Å². The number of methoxy groups -OCH3 is 1. The summed E-state index contributed by atoms with van der Waals surface area (Å²) in [6, 6.07) is 12.5. The third kappa shape index (κ3) is 3.80. The van der Waals surface area contributed by atoms with Gasteiger partial charge in [0.15, 0.2) is 11.5 Å². The van der Waals surface area contributed by atoms with Gasteiger partial charge in [-0.2, -0.15) is 5.26 Å². The molecule has 0 saturated carbocycles. The second-order valence-corrected chi connectivity index (χ2v) is 4.92. The lowest BCUT2D eigenvalue weighted by Crippen LogP contribution is -2.14. The Bertz CT molecular complexity index is 763. The van der Waals surface area contributed by atoms with Gasteiger partial charge in [-0.1, -0.05) is 12.1 Å². The summed E-state index contributed by atoms with van der Waals surface area (Å²) in [7, 11) is 1.47. The highest BCUT2D eigenvalue weighted by molar-refractivity contribution is 6.07. The van der Waals surface area contributed by atoms with Gasteiger partial charge in [0.05, 0.1) is 30.9 Å². The Morgan fingerprint density at radius 1 is 1.30 bits per heavy atom. The van der Waals surface area contributed by atoms with Crippen molar-refractivity contribution in [2.75, 3.05) is 19.0 Å². The predicted octanol–water partition coefficient (Wildman–Crippen LogP) is 3.53. The van der Waals surface area contributed by atoms with Crippen LogP contribution in [-0.2, 0) is 0 Å². The van der Waals surface area contributed by atoms with E-state index in [1.54, 1.807) is 12.1 Å². The predicted molar refractivity (Wildman–Crippen MR) is 88.0 cm³/mol.